The molecule has 0 atom stereocenters. The van der Waals surface area contributed by atoms with Gasteiger partial charge in [0.15, 0.2) is 0 Å². The Hall–Kier alpha value is -3.00. The van der Waals surface area contributed by atoms with E-state index < -0.39 is 0 Å². The van der Waals surface area contributed by atoms with E-state index in [0.29, 0.717) is 24.6 Å². The first kappa shape index (κ1) is 17.8. The van der Waals surface area contributed by atoms with Crippen molar-refractivity contribution in [1.29, 1.82) is 5.26 Å². The van der Waals surface area contributed by atoms with Gasteiger partial charge in [0.25, 0.3) is 0 Å². The van der Waals surface area contributed by atoms with E-state index in [1.54, 1.807) is 0 Å². The minimum absolute atomic E-state index is 0.0539. The van der Waals surface area contributed by atoms with Crippen LogP contribution in [0.3, 0.4) is 0 Å². The lowest BCUT2D eigenvalue weighted by Crippen LogP contribution is -2.50. The van der Waals surface area contributed by atoms with Gasteiger partial charge in [-0.25, -0.2) is 4.79 Å². The highest BCUT2D eigenvalue weighted by molar-refractivity contribution is 5.89. The number of nitrogens with zero attached hydrogens (tertiary/aromatic N) is 3. The third-order valence-corrected chi connectivity index (χ3v) is 4.76. The summed E-state index contributed by atoms with van der Waals surface area (Å²) in [6, 6.07) is 17.7. The molecule has 1 N–H and O–H groups in total. The fraction of sp³-hybridized carbons (Fsp3) is 0.333. The maximum absolute atomic E-state index is 12.5. The van der Waals surface area contributed by atoms with E-state index >= 15 is 0 Å². The predicted molar refractivity (Wildman–Crippen MR) is 104 cm³/mol. The lowest BCUT2D eigenvalue weighted by molar-refractivity contribution is 0.208. The highest BCUT2D eigenvalue weighted by atomic mass is 16.2. The van der Waals surface area contributed by atoms with Gasteiger partial charge in [0.2, 0.25) is 0 Å². The smallest absolute Gasteiger partial charge is 0.321 e. The third kappa shape index (κ3) is 4.15. The molecule has 2 aromatic carbocycles. The van der Waals surface area contributed by atoms with E-state index in [2.05, 4.69) is 42.3 Å². The van der Waals surface area contributed by atoms with Crippen molar-refractivity contribution in [2.45, 2.75) is 19.8 Å². The second kappa shape index (κ2) is 7.92. The molecule has 0 radical (unpaired) electrons. The Morgan fingerprint density at radius 3 is 2.15 bits per heavy atom. The van der Waals surface area contributed by atoms with Crippen molar-refractivity contribution in [1.82, 2.24) is 4.90 Å². The second-order valence-corrected chi connectivity index (χ2v) is 6.84. The molecule has 0 spiro atoms. The molecule has 1 aliphatic heterocycles. The molecule has 1 fully saturated rings. The number of benzene rings is 2. The predicted octanol–water partition coefficient (Wildman–Crippen LogP) is 4.04. The van der Waals surface area contributed by atoms with Gasteiger partial charge in [-0.15, -0.1) is 0 Å². The van der Waals surface area contributed by atoms with E-state index in [1.807, 2.05) is 41.3 Å². The zero-order valence-electron chi connectivity index (χ0n) is 15.3. The summed E-state index contributed by atoms with van der Waals surface area (Å²) in [6.45, 7) is 7.23. The average molecular weight is 348 g/mol. The largest absolute Gasteiger partial charge is 0.368 e. The molecule has 3 rings (SSSR count). The molecule has 26 heavy (non-hydrogen) atoms. The third-order valence-electron chi connectivity index (χ3n) is 4.76. The van der Waals surface area contributed by atoms with Crippen LogP contribution in [-0.2, 0) is 0 Å². The standard InChI is InChI=1S/C21H24N4O/c1-16(2)18-5-7-19(8-6-18)23-21(26)25-13-11-24(12-14-25)20-9-3-17(15-22)4-10-20/h3-10,16H,11-14H2,1-2H3,(H,23,26). The first-order chi connectivity index (χ1) is 12.6. The summed E-state index contributed by atoms with van der Waals surface area (Å²) in [4.78, 5) is 16.6. The summed E-state index contributed by atoms with van der Waals surface area (Å²) in [5, 5.41) is 11.9. The Morgan fingerprint density at radius 1 is 1.00 bits per heavy atom. The molecule has 2 aromatic rings. The van der Waals surface area contributed by atoms with Crippen LogP contribution in [0.25, 0.3) is 0 Å². The molecule has 0 aliphatic carbocycles. The molecule has 0 saturated carbocycles. The number of amides is 2. The molecule has 1 aliphatic rings. The summed E-state index contributed by atoms with van der Waals surface area (Å²) in [7, 11) is 0. The molecule has 0 aromatic heterocycles. The highest BCUT2D eigenvalue weighted by Gasteiger charge is 2.21. The molecular formula is C21H24N4O. The van der Waals surface area contributed by atoms with E-state index in [9.17, 15) is 4.79 Å². The molecule has 5 heteroatoms. The van der Waals surface area contributed by atoms with Crippen molar-refractivity contribution >= 4 is 17.4 Å². The van der Waals surface area contributed by atoms with Gasteiger partial charge in [-0.3, -0.25) is 0 Å². The number of piperazine rings is 1. The van der Waals surface area contributed by atoms with Crippen molar-refractivity contribution in [2.75, 3.05) is 36.4 Å². The number of hydrogen-bond acceptors (Lipinski definition) is 3. The quantitative estimate of drug-likeness (QED) is 0.911. The Bertz CT molecular complexity index is 782. The van der Waals surface area contributed by atoms with Crippen LogP contribution in [0.15, 0.2) is 48.5 Å². The number of carbonyl (C=O) groups is 1. The number of nitrogens with one attached hydrogen (secondary N) is 1. The van der Waals surface area contributed by atoms with Crippen LogP contribution < -0.4 is 10.2 Å². The Morgan fingerprint density at radius 2 is 1.62 bits per heavy atom. The summed E-state index contributed by atoms with van der Waals surface area (Å²) in [5.74, 6) is 0.482. The molecular weight excluding hydrogens is 324 g/mol. The van der Waals surface area contributed by atoms with Crippen LogP contribution in [0.4, 0.5) is 16.2 Å². The summed E-state index contributed by atoms with van der Waals surface area (Å²) in [6.07, 6.45) is 0. The van der Waals surface area contributed by atoms with Gasteiger partial charge in [0, 0.05) is 37.6 Å². The number of rotatable bonds is 3. The van der Waals surface area contributed by atoms with E-state index in [-0.39, 0.29) is 6.03 Å². The van der Waals surface area contributed by atoms with Gasteiger partial charge in [-0.2, -0.15) is 5.26 Å². The molecule has 134 valence electrons. The van der Waals surface area contributed by atoms with Crippen molar-refractivity contribution in [3.05, 3.63) is 59.7 Å². The van der Waals surface area contributed by atoms with Crippen LogP contribution in [0.5, 0.6) is 0 Å². The number of hydrogen-bond donors (Lipinski definition) is 1. The highest BCUT2D eigenvalue weighted by Crippen LogP contribution is 2.19. The average Bonchev–Trinajstić information content (AvgIpc) is 2.68. The Kier molecular flexibility index (Phi) is 5.43. The van der Waals surface area contributed by atoms with Crippen molar-refractivity contribution < 1.29 is 4.79 Å². The van der Waals surface area contributed by atoms with Crippen molar-refractivity contribution in [2.24, 2.45) is 0 Å². The summed E-state index contributed by atoms with van der Waals surface area (Å²) in [5.41, 5.74) is 3.84. The van der Waals surface area contributed by atoms with Crippen LogP contribution in [0, 0.1) is 11.3 Å². The van der Waals surface area contributed by atoms with Crippen LogP contribution in [0.1, 0.15) is 30.9 Å². The van der Waals surface area contributed by atoms with E-state index in [1.165, 1.54) is 5.56 Å². The Balaban J connectivity index is 1.53. The topological polar surface area (TPSA) is 59.4 Å². The fourth-order valence-corrected chi connectivity index (χ4v) is 3.07. The van der Waals surface area contributed by atoms with Crippen LogP contribution in [-0.4, -0.2) is 37.1 Å². The van der Waals surface area contributed by atoms with E-state index in [0.717, 1.165) is 24.5 Å². The first-order valence-electron chi connectivity index (χ1n) is 8.98. The Labute approximate surface area is 154 Å². The SMILES string of the molecule is CC(C)c1ccc(NC(=O)N2CCN(c3ccc(C#N)cc3)CC2)cc1. The van der Waals surface area contributed by atoms with Gasteiger partial charge >= 0.3 is 6.03 Å². The maximum atomic E-state index is 12.5. The maximum Gasteiger partial charge on any atom is 0.321 e. The zero-order valence-corrected chi connectivity index (χ0v) is 15.3. The molecule has 1 saturated heterocycles. The molecule has 0 unspecified atom stereocenters. The van der Waals surface area contributed by atoms with Crippen LogP contribution in [0.2, 0.25) is 0 Å². The van der Waals surface area contributed by atoms with Gasteiger partial charge in [0.05, 0.1) is 11.6 Å². The minimum Gasteiger partial charge on any atom is -0.368 e. The molecule has 2 amide bonds. The molecule has 0 bridgehead atoms. The number of urea groups is 1. The number of nitriles is 1. The van der Waals surface area contributed by atoms with Gasteiger partial charge in [-0.05, 0) is 47.9 Å². The van der Waals surface area contributed by atoms with Crippen molar-refractivity contribution in [3.63, 3.8) is 0 Å². The van der Waals surface area contributed by atoms with E-state index in [4.69, 9.17) is 5.26 Å². The monoisotopic (exact) mass is 348 g/mol. The number of anilines is 2. The van der Waals surface area contributed by atoms with Crippen LogP contribution >= 0.6 is 0 Å². The zero-order chi connectivity index (χ0) is 18.5. The second-order valence-electron chi connectivity index (χ2n) is 6.84. The van der Waals surface area contributed by atoms with Gasteiger partial charge in [-0.1, -0.05) is 26.0 Å². The molecule has 1 heterocycles. The lowest BCUT2D eigenvalue weighted by atomic mass is 10.0. The van der Waals surface area contributed by atoms with Gasteiger partial charge < -0.3 is 15.1 Å². The fourth-order valence-electron chi connectivity index (χ4n) is 3.07. The molecule has 5 nitrogen and oxygen atoms in total. The van der Waals surface area contributed by atoms with Gasteiger partial charge in [0.1, 0.15) is 0 Å². The normalized spacial score (nSPS) is 14.2. The first-order valence-corrected chi connectivity index (χ1v) is 8.98. The lowest BCUT2D eigenvalue weighted by Gasteiger charge is -2.36. The minimum atomic E-state index is -0.0539. The van der Waals surface area contributed by atoms with Crippen molar-refractivity contribution in [3.8, 4) is 6.07 Å². The number of carbonyl (C=O) groups excluding carboxylic acids is 1. The summed E-state index contributed by atoms with van der Waals surface area (Å²) >= 11 is 0. The summed E-state index contributed by atoms with van der Waals surface area (Å²) < 4.78 is 0.